The minimum Gasteiger partial charge on any atom is -0.477 e. The van der Waals surface area contributed by atoms with Crippen molar-refractivity contribution in [2.75, 3.05) is 13.2 Å². The Morgan fingerprint density at radius 1 is 1.24 bits per heavy atom. The van der Waals surface area contributed by atoms with Crippen molar-refractivity contribution in [2.45, 2.75) is 25.8 Å². The van der Waals surface area contributed by atoms with Gasteiger partial charge in [0.05, 0.1) is 35.8 Å². The summed E-state index contributed by atoms with van der Waals surface area (Å²) in [4.78, 5) is 25.5. The quantitative estimate of drug-likeness (QED) is 0.423. The number of aromatic nitrogens is 6. The number of pyridine rings is 1. The van der Waals surface area contributed by atoms with Gasteiger partial charge in [0.1, 0.15) is 6.04 Å². The first-order valence-corrected chi connectivity index (χ1v) is 10.9. The molecule has 11 heteroatoms. The lowest BCUT2D eigenvalue weighted by atomic mass is 10.1. The molecule has 168 valence electrons. The number of carbonyl (C=O) groups excluding carboxylic acids is 1. The fraction of sp³-hybridized carbons (Fsp3) is 0.273. The van der Waals surface area contributed by atoms with Crippen LogP contribution in [0.5, 0.6) is 5.88 Å². The molecule has 4 heterocycles. The molecule has 1 amide bonds. The highest BCUT2D eigenvalue weighted by molar-refractivity contribution is 6.31. The lowest BCUT2D eigenvalue weighted by Gasteiger charge is -2.23. The molecule has 1 unspecified atom stereocenters. The SMILES string of the molecule is CCOc1ncccc1-c1noc(C2CCCN2C(=O)c2ccc(Cl)cc2-n2nccn2)n1. The first-order valence-electron chi connectivity index (χ1n) is 10.5. The van der Waals surface area contributed by atoms with Gasteiger partial charge in [0, 0.05) is 17.8 Å². The van der Waals surface area contributed by atoms with E-state index in [1.54, 1.807) is 47.8 Å². The number of likely N-dealkylation sites (tertiary alicyclic amines) is 1. The van der Waals surface area contributed by atoms with Crippen molar-refractivity contribution in [3.05, 3.63) is 65.4 Å². The maximum Gasteiger partial charge on any atom is 0.256 e. The van der Waals surface area contributed by atoms with Crippen LogP contribution in [0.3, 0.4) is 0 Å². The van der Waals surface area contributed by atoms with Crippen LogP contribution in [0.15, 0.2) is 53.4 Å². The summed E-state index contributed by atoms with van der Waals surface area (Å²) in [6, 6.07) is 8.28. The van der Waals surface area contributed by atoms with Gasteiger partial charge < -0.3 is 14.2 Å². The van der Waals surface area contributed by atoms with E-state index in [4.69, 9.17) is 20.9 Å². The number of benzene rings is 1. The van der Waals surface area contributed by atoms with Gasteiger partial charge in [-0.1, -0.05) is 16.8 Å². The number of hydrogen-bond acceptors (Lipinski definition) is 8. The number of nitrogens with zero attached hydrogens (tertiary/aromatic N) is 7. The third kappa shape index (κ3) is 4.05. The van der Waals surface area contributed by atoms with Crippen LogP contribution in [-0.2, 0) is 0 Å². The molecule has 0 bridgehead atoms. The highest BCUT2D eigenvalue weighted by Gasteiger charge is 2.36. The Labute approximate surface area is 194 Å². The Morgan fingerprint density at radius 2 is 2.09 bits per heavy atom. The maximum atomic E-state index is 13.6. The summed E-state index contributed by atoms with van der Waals surface area (Å²) in [6.07, 6.45) is 6.26. The number of amides is 1. The monoisotopic (exact) mass is 465 g/mol. The Morgan fingerprint density at radius 3 is 2.91 bits per heavy atom. The largest absolute Gasteiger partial charge is 0.477 e. The Hall–Kier alpha value is -3.79. The highest BCUT2D eigenvalue weighted by atomic mass is 35.5. The average Bonchev–Trinajstić information content (AvgIpc) is 3.61. The molecule has 10 nitrogen and oxygen atoms in total. The van der Waals surface area contributed by atoms with Crippen LogP contribution >= 0.6 is 11.6 Å². The van der Waals surface area contributed by atoms with Gasteiger partial charge in [-0.3, -0.25) is 4.79 Å². The molecule has 0 radical (unpaired) electrons. The molecule has 1 atom stereocenters. The van der Waals surface area contributed by atoms with Crippen molar-refractivity contribution in [3.63, 3.8) is 0 Å². The van der Waals surface area contributed by atoms with E-state index in [-0.39, 0.29) is 11.9 Å². The molecule has 33 heavy (non-hydrogen) atoms. The normalized spacial score (nSPS) is 15.7. The van der Waals surface area contributed by atoms with E-state index in [9.17, 15) is 4.79 Å². The number of hydrogen-bond donors (Lipinski definition) is 0. The van der Waals surface area contributed by atoms with E-state index < -0.39 is 0 Å². The number of ether oxygens (including phenoxy) is 1. The van der Waals surface area contributed by atoms with Crippen LogP contribution in [0.2, 0.25) is 5.02 Å². The molecular weight excluding hydrogens is 446 g/mol. The van der Waals surface area contributed by atoms with Crippen LogP contribution in [0.25, 0.3) is 17.1 Å². The van der Waals surface area contributed by atoms with Crippen molar-refractivity contribution >= 4 is 17.5 Å². The second-order valence-electron chi connectivity index (χ2n) is 7.38. The van der Waals surface area contributed by atoms with Gasteiger partial charge in [0.25, 0.3) is 5.91 Å². The van der Waals surface area contributed by atoms with Gasteiger partial charge in [-0.25, -0.2) is 4.98 Å². The molecule has 5 rings (SSSR count). The molecule has 1 fully saturated rings. The van der Waals surface area contributed by atoms with Crippen LogP contribution in [-0.4, -0.2) is 54.1 Å². The van der Waals surface area contributed by atoms with E-state index in [0.29, 0.717) is 59.0 Å². The van der Waals surface area contributed by atoms with Gasteiger partial charge in [-0.05, 0) is 50.1 Å². The van der Waals surface area contributed by atoms with Gasteiger partial charge in [-0.15, -0.1) is 0 Å². The van der Waals surface area contributed by atoms with Crippen molar-refractivity contribution < 1.29 is 14.1 Å². The summed E-state index contributed by atoms with van der Waals surface area (Å²) in [5, 5.41) is 12.9. The minimum absolute atomic E-state index is 0.183. The Kier molecular flexibility index (Phi) is 5.74. The van der Waals surface area contributed by atoms with Crippen LogP contribution in [0.4, 0.5) is 0 Å². The molecule has 1 aliphatic heterocycles. The summed E-state index contributed by atoms with van der Waals surface area (Å²) in [6.45, 7) is 2.91. The second kappa shape index (κ2) is 8.99. The van der Waals surface area contributed by atoms with E-state index in [1.807, 2.05) is 13.0 Å². The molecule has 1 aromatic carbocycles. The van der Waals surface area contributed by atoms with E-state index >= 15 is 0 Å². The lowest BCUT2D eigenvalue weighted by Crippen LogP contribution is -2.31. The van der Waals surface area contributed by atoms with Gasteiger partial charge in [0.15, 0.2) is 0 Å². The third-order valence-corrected chi connectivity index (χ3v) is 5.59. The number of carbonyl (C=O) groups is 1. The third-order valence-electron chi connectivity index (χ3n) is 5.36. The number of rotatable bonds is 6. The first kappa shape index (κ1) is 21.1. The predicted molar refractivity (Wildman–Crippen MR) is 118 cm³/mol. The Bertz CT molecular complexity index is 1270. The predicted octanol–water partition coefficient (Wildman–Crippen LogP) is 3.74. The maximum absolute atomic E-state index is 13.6. The summed E-state index contributed by atoms with van der Waals surface area (Å²) in [5.41, 5.74) is 1.58. The summed E-state index contributed by atoms with van der Waals surface area (Å²) < 4.78 is 11.2. The Balaban J connectivity index is 1.45. The molecule has 1 aliphatic rings. The highest BCUT2D eigenvalue weighted by Crippen LogP contribution is 2.35. The molecule has 0 N–H and O–H groups in total. The molecule has 0 aliphatic carbocycles. The second-order valence-corrected chi connectivity index (χ2v) is 7.82. The topological polar surface area (TPSA) is 112 Å². The van der Waals surface area contributed by atoms with E-state index in [2.05, 4.69) is 25.3 Å². The molecule has 4 aromatic rings. The van der Waals surface area contributed by atoms with Crippen LogP contribution < -0.4 is 4.74 Å². The van der Waals surface area contributed by atoms with Crippen molar-refractivity contribution in [3.8, 4) is 23.0 Å². The fourth-order valence-corrected chi connectivity index (χ4v) is 4.07. The lowest BCUT2D eigenvalue weighted by molar-refractivity contribution is 0.0709. The van der Waals surface area contributed by atoms with E-state index in [0.717, 1.165) is 6.42 Å². The minimum atomic E-state index is -0.347. The van der Waals surface area contributed by atoms with Crippen molar-refractivity contribution in [1.82, 2.24) is 35.0 Å². The number of halogens is 1. The summed E-state index contributed by atoms with van der Waals surface area (Å²) in [7, 11) is 0. The average molecular weight is 466 g/mol. The van der Waals surface area contributed by atoms with Gasteiger partial charge in [-0.2, -0.15) is 20.0 Å². The first-order chi connectivity index (χ1) is 16.2. The van der Waals surface area contributed by atoms with Crippen LogP contribution in [0, 0.1) is 0 Å². The standard InChI is InChI=1S/C22H20ClN7O3/c1-2-32-20-16(5-3-9-24-20)19-27-21(33-28-19)17-6-4-12-29(17)22(31)15-8-7-14(23)13-18(15)30-25-10-11-26-30/h3,5,7-11,13,17H,2,4,6,12H2,1H3. The van der Waals surface area contributed by atoms with Gasteiger partial charge >= 0.3 is 0 Å². The molecule has 3 aromatic heterocycles. The summed E-state index contributed by atoms with van der Waals surface area (Å²) >= 11 is 6.18. The zero-order valence-electron chi connectivity index (χ0n) is 17.8. The smallest absolute Gasteiger partial charge is 0.256 e. The molecule has 0 saturated carbocycles. The van der Waals surface area contributed by atoms with Crippen molar-refractivity contribution in [2.24, 2.45) is 0 Å². The van der Waals surface area contributed by atoms with E-state index in [1.165, 1.54) is 4.80 Å². The van der Waals surface area contributed by atoms with Crippen molar-refractivity contribution in [1.29, 1.82) is 0 Å². The fourth-order valence-electron chi connectivity index (χ4n) is 3.91. The molecular formula is C22H20ClN7O3. The zero-order chi connectivity index (χ0) is 22.8. The summed E-state index contributed by atoms with van der Waals surface area (Å²) in [5.74, 6) is 0.991. The molecule has 1 saturated heterocycles. The van der Waals surface area contributed by atoms with Crippen LogP contribution in [0.1, 0.15) is 42.1 Å². The molecule has 0 spiro atoms. The zero-order valence-corrected chi connectivity index (χ0v) is 18.5. The van der Waals surface area contributed by atoms with Gasteiger partial charge in [0.2, 0.25) is 17.6 Å².